The van der Waals surface area contributed by atoms with Gasteiger partial charge in [-0.25, -0.2) is 17.6 Å². The summed E-state index contributed by atoms with van der Waals surface area (Å²) in [5.41, 5.74) is 1.14. The number of anilines is 1. The highest BCUT2D eigenvalue weighted by molar-refractivity contribution is 9.10. The molecule has 0 atom stereocenters. The Labute approximate surface area is 240 Å². The second-order valence-electron chi connectivity index (χ2n) is 9.50. The molecule has 0 aromatic heterocycles. The van der Waals surface area contributed by atoms with Crippen LogP contribution in [-0.2, 0) is 27.8 Å². The van der Waals surface area contributed by atoms with E-state index in [2.05, 4.69) is 31.6 Å². The second-order valence-corrected chi connectivity index (χ2v) is 12.0. The first-order chi connectivity index (χ1) is 18.2. The Kier molecular flexibility index (Phi) is 11.3. The lowest BCUT2D eigenvalue weighted by atomic mass is 9.95. The van der Waals surface area contributed by atoms with Gasteiger partial charge in [0.1, 0.15) is 19.5 Å². The van der Waals surface area contributed by atoms with E-state index < -0.39 is 21.8 Å². The van der Waals surface area contributed by atoms with E-state index >= 15 is 0 Å². The first kappa shape index (κ1) is 32.5. The van der Waals surface area contributed by atoms with Crippen molar-refractivity contribution >= 4 is 56.9 Å². The quantitative estimate of drug-likeness (QED) is 0.181. The summed E-state index contributed by atoms with van der Waals surface area (Å²) in [4.78, 5) is 19.0. The Hall–Kier alpha value is -2.74. The van der Waals surface area contributed by atoms with Gasteiger partial charge < -0.3 is 15.0 Å². The summed E-state index contributed by atoms with van der Waals surface area (Å²) in [6.45, 7) is 5.62. The van der Waals surface area contributed by atoms with Gasteiger partial charge in [-0.15, -0.1) is 0 Å². The number of halogens is 2. The van der Waals surface area contributed by atoms with E-state index in [1.165, 1.54) is 25.3 Å². The molecular weight excluding hydrogens is 588 g/mol. The van der Waals surface area contributed by atoms with Crippen molar-refractivity contribution in [3.8, 4) is 0 Å². The average molecular weight is 624 g/mol. The molecule has 0 saturated carbocycles. The van der Waals surface area contributed by atoms with Gasteiger partial charge in [0.25, 0.3) is 10.0 Å². The Balaban J connectivity index is 2.50. The number of rotatable bonds is 10. The molecule has 1 amide bonds. The highest BCUT2D eigenvalue weighted by atomic mass is 79.9. The minimum Gasteiger partial charge on any atom is -0.427 e. The van der Waals surface area contributed by atoms with E-state index in [0.717, 1.165) is 5.56 Å². The largest absolute Gasteiger partial charge is 0.431 e. The van der Waals surface area contributed by atoms with Gasteiger partial charge in [0.05, 0.1) is 4.90 Å². The van der Waals surface area contributed by atoms with Gasteiger partial charge in [0.2, 0.25) is 0 Å². The van der Waals surface area contributed by atoms with Gasteiger partial charge in [-0.05, 0) is 87.7 Å². The van der Waals surface area contributed by atoms with Gasteiger partial charge in [-0.1, -0.05) is 23.7 Å². The maximum absolute atomic E-state index is 14.7. The van der Waals surface area contributed by atoms with E-state index in [4.69, 9.17) is 4.74 Å². The molecule has 0 bridgehead atoms. The van der Waals surface area contributed by atoms with Gasteiger partial charge in [-0.3, -0.25) is 10.3 Å². The Morgan fingerprint density at radius 1 is 1.26 bits per heavy atom. The fourth-order valence-electron chi connectivity index (χ4n) is 3.66. The molecule has 2 N–H and O–H groups in total. The number of carbonyl (C=O) groups is 1. The molecule has 0 fully saturated rings. The van der Waals surface area contributed by atoms with Gasteiger partial charge in [0, 0.05) is 35.9 Å². The number of carbonyl (C=O) groups excluding carboxylic acids is 1. The summed E-state index contributed by atoms with van der Waals surface area (Å²) in [6.07, 6.45) is 1.87. The molecule has 13 heteroatoms. The molecule has 0 radical (unpaired) electrons. The van der Waals surface area contributed by atoms with Crippen LogP contribution in [0.4, 0.5) is 14.9 Å². The van der Waals surface area contributed by atoms with Crippen LogP contribution in [0.2, 0.25) is 0 Å². The molecule has 2 rings (SSSR count). The van der Waals surface area contributed by atoms with Crippen LogP contribution in [-0.4, -0.2) is 71.3 Å². The van der Waals surface area contributed by atoms with Gasteiger partial charge in [0.15, 0.2) is 5.72 Å². The van der Waals surface area contributed by atoms with Crippen LogP contribution in [0.1, 0.15) is 31.9 Å². The highest BCUT2D eigenvalue weighted by Crippen LogP contribution is 2.27. The molecule has 212 valence electrons. The molecule has 9 nitrogen and oxygen atoms in total. The summed E-state index contributed by atoms with van der Waals surface area (Å²) in [7, 11) is 3.95. The summed E-state index contributed by atoms with van der Waals surface area (Å²) in [5.74, 6) is -0.442. The van der Waals surface area contributed by atoms with Crippen LogP contribution in [0.15, 0.2) is 56.8 Å². The first-order valence-electron chi connectivity index (χ1n) is 12.2. The number of nitrogens with zero attached hydrogens (tertiary/aromatic N) is 3. The lowest BCUT2D eigenvalue weighted by Crippen LogP contribution is -2.49. The number of allylic oxidation sites excluding steroid dienone is 1. The summed E-state index contributed by atoms with van der Waals surface area (Å²) in [5, 5.41) is 6.01. The van der Waals surface area contributed by atoms with E-state index in [1.807, 2.05) is 25.1 Å². The van der Waals surface area contributed by atoms with Crippen molar-refractivity contribution in [2.75, 3.05) is 33.5 Å². The monoisotopic (exact) mass is 623 g/mol. The third-order valence-electron chi connectivity index (χ3n) is 5.88. The topological polar surface area (TPSA) is 103 Å². The summed E-state index contributed by atoms with van der Waals surface area (Å²) < 4.78 is 48.8. The fourth-order valence-corrected chi connectivity index (χ4v) is 5.83. The molecule has 0 saturated heterocycles. The number of aliphatic imine (C=N–C) groups is 1. The van der Waals surface area contributed by atoms with E-state index in [-0.39, 0.29) is 23.1 Å². The number of amides is 1. The minimum atomic E-state index is -4.45. The Morgan fingerprint density at radius 2 is 1.92 bits per heavy atom. The van der Waals surface area contributed by atoms with E-state index in [9.17, 15) is 17.6 Å². The SMILES string of the molecule is Bc1c(S(=O)(=O)N(C(=O)OC(C)(C)NC)C(/C=C\C)=N/C)ccc(NCc2c(F)cccc2CN(C)C)c1Br. The maximum Gasteiger partial charge on any atom is 0.431 e. The predicted octanol–water partition coefficient (Wildman–Crippen LogP) is 3.21. The molecule has 0 aliphatic carbocycles. The lowest BCUT2D eigenvalue weighted by molar-refractivity contribution is 0.0140. The molecule has 0 aliphatic heterocycles. The third-order valence-corrected chi connectivity index (χ3v) is 8.71. The van der Waals surface area contributed by atoms with Gasteiger partial charge in [-0.2, -0.15) is 4.31 Å². The molecule has 2 aromatic carbocycles. The first-order valence-corrected chi connectivity index (χ1v) is 14.4. The van der Waals surface area contributed by atoms with Crippen LogP contribution in [0.25, 0.3) is 0 Å². The van der Waals surface area contributed by atoms with Crippen LogP contribution >= 0.6 is 15.9 Å². The Bertz CT molecular complexity index is 1370. The lowest BCUT2D eigenvalue weighted by Gasteiger charge is -2.29. The zero-order chi connectivity index (χ0) is 29.5. The fraction of sp³-hybridized carbons (Fsp3) is 0.385. The van der Waals surface area contributed by atoms with Crippen LogP contribution < -0.4 is 16.1 Å². The number of hydrogen-bond donors (Lipinski definition) is 2. The number of ether oxygens (including phenoxy) is 1. The molecule has 0 aliphatic rings. The van der Waals surface area contributed by atoms with Crippen molar-refractivity contribution in [1.29, 1.82) is 0 Å². The molecular formula is C26H36BBrFN5O4S. The predicted molar refractivity (Wildman–Crippen MR) is 160 cm³/mol. The van der Waals surface area contributed by atoms with Crippen molar-refractivity contribution in [1.82, 2.24) is 14.5 Å². The summed E-state index contributed by atoms with van der Waals surface area (Å²) in [6, 6.07) is 7.92. The smallest absolute Gasteiger partial charge is 0.427 e. The molecule has 39 heavy (non-hydrogen) atoms. The normalized spacial score (nSPS) is 12.7. The van der Waals surface area contributed by atoms with Crippen molar-refractivity contribution in [3.05, 3.63) is 63.9 Å². The standard InChI is InChI=1S/C26H36BBrFN5O4S/c1-8-10-22(30-4)34(25(35)38-26(2,3)31-5)39(36,37)21-14-13-20(24(28)23(21)27)32-15-18-17(16-33(6)7)11-9-12-19(18)29/h8-14,31-32H,15-16,27H2,1-7H3/b10-8-,30-22+. The summed E-state index contributed by atoms with van der Waals surface area (Å²) >= 11 is 3.49. The number of nitrogens with one attached hydrogen (secondary N) is 2. The second kappa shape index (κ2) is 13.6. The van der Waals surface area contributed by atoms with Crippen molar-refractivity contribution in [2.24, 2.45) is 4.99 Å². The molecule has 2 aromatic rings. The van der Waals surface area contributed by atoms with Crippen LogP contribution in [0.5, 0.6) is 0 Å². The van der Waals surface area contributed by atoms with Gasteiger partial charge >= 0.3 is 6.09 Å². The van der Waals surface area contributed by atoms with Crippen LogP contribution in [0.3, 0.4) is 0 Å². The number of sulfonamides is 1. The maximum atomic E-state index is 14.7. The van der Waals surface area contributed by atoms with Crippen molar-refractivity contribution in [2.45, 2.75) is 44.5 Å². The number of benzene rings is 2. The van der Waals surface area contributed by atoms with E-state index in [0.29, 0.717) is 32.0 Å². The van der Waals surface area contributed by atoms with Crippen molar-refractivity contribution in [3.63, 3.8) is 0 Å². The average Bonchev–Trinajstić information content (AvgIpc) is 2.84. The highest BCUT2D eigenvalue weighted by Gasteiger charge is 2.38. The van der Waals surface area contributed by atoms with Crippen molar-refractivity contribution < 1.29 is 22.3 Å². The molecule has 0 unspecified atom stereocenters. The number of hydrogen-bond acceptors (Lipinski definition) is 8. The third kappa shape index (κ3) is 7.90. The van der Waals surface area contributed by atoms with E-state index in [1.54, 1.807) is 53.9 Å². The number of amidine groups is 1. The zero-order valence-electron chi connectivity index (χ0n) is 23.6. The molecule has 0 heterocycles. The Morgan fingerprint density at radius 3 is 2.49 bits per heavy atom. The molecule has 0 spiro atoms. The van der Waals surface area contributed by atoms with Crippen LogP contribution in [0, 0.1) is 5.82 Å². The zero-order valence-corrected chi connectivity index (χ0v) is 26.0. The minimum absolute atomic E-state index is 0.111.